The van der Waals surface area contributed by atoms with Crippen molar-refractivity contribution in [2.24, 2.45) is 10.1 Å². The van der Waals surface area contributed by atoms with E-state index in [1.54, 1.807) is 25.2 Å². The number of nitrogens with zero attached hydrogens (tertiary/aromatic N) is 2. The molecule has 8 nitrogen and oxygen atoms in total. The molecule has 4 N–H and O–H groups in total. The molecule has 0 bridgehead atoms. The van der Waals surface area contributed by atoms with Crippen LogP contribution in [0.5, 0.6) is 0 Å². The Balaban J connectivity index is 0.00000363. The number of primary sulfonamides is 1. The number of nitrogens with one attached hydrogen (secondary N) is 2. The third kappa shape index (κ3) is 7.66. The number of rotatable bonds is 7. The third-order valence-electron chi connectivity index (χ3n) is 5.11. The lowest BCUT2D eigenvalue weighted by Gasteiger charge is -2.35. The maximum Gasteiger partial charge on any atom is 0.238 e. The molecule has 1 heterocycles. The van der Waals surface area contributed by atoms with Gasteiger partial charge in [0.05, 0.1) is 24.2 Å². The van der Waals surface area contributed by atoms with Gasteiger partial charge in [0.1, 0.15) is 5.82 Å². The normalized spacial score (nSPS) is 16.2. The number of ether oxygens (including phenoxy) is 1. The van der Waals surface area contributed by atoms with Crippen LogP contribution in [0.3, 0.4) is 0 Å². The van der Waals surface area contributed by atoms with Crippen LogP contribution in [0.25, 0.3) is 0 Å². The Morgan fingerprint density at radius 3 is 2.50 bits per heavy atom. The number of guanidine groups is 1. The molecule has 1 fully saturated rings. The lowest BCUT2D eigenvalue weighted by atomic mass is 10.0. The fourth-order valence-corrected chi connectivity index (χ4v) is 4.05. The number of hydrogen-bond donors (Lipinski definition) is 3. The van der Waals surface area contributed by atoms with Crippen molar-refractivity contribution in [1.82, 2.24) is 15.5 Å². The van der Waals surface area contributed by atoms with Gasteiger partial charge in [-0.3, -0.25) is 9.89 Å². The zero-order valence-electron chi connectivity index (χ0n) is 17.8. The highest BCUT2D eigenvalue weighted by Gasteiger charge is 2.23. The first-order chi connectivity index (χ1) is 14.9. The molecule has 1 unspecified atom stereocenters. The van der Waals surface area contributed by atoms with Gasteiger partial charge < -0.3 is 15.4 Å². The van der Waals surface area contributed by atoms with Crippen LogP contribution in [0.15, 0.2) is 58.4 Å². The van der Waals surface area contributed by atoms with E-state index in [-0.39, 0.29) is 40.7 Å². The van der Waals surface area contributed by atoms with Crippen LogP contribution in [0.4, 0.5) is 4.39 Å². The van der Waals surface area contributed by atoms with Gasteiger partial charge in [0.15, 0.2) is 5.96 Å². The Hall–Kier alpha value is -1.80. The topological polar surface area (TPSA) is 109 Å². The van der Waals surface area contributed by atoms with E-state index in [4.69, 9.17) is 9.88 Å². The summed E-state index contributed by atoms with van der Waals surface area (Å²) < 4.78 is 42.0. The Morgan fingerprint density at radius 1 is 1.19 bits per heavy atom. The summed E-state index contributed by atoms with van der Waals surface area (Å²) in [7, 11) is -2.09. The van der Waals surface area contributed by atoms with E-state index >= 15 is 0 Å². The zero-order chi connectivity index (χ0) is 22.3. The molecule has 0 spiro atoms. The second-order valence-corrected chi connectivity index (χ2v) is 8.78. The van der Waals surface area contributed by atoms with Gasteiger partial charge in [0.2, 0.25) is 10.0 Å². The molecule has 176 valence electrons. The zero-order valence-corrected chi connectivity index (χ0v) is 21.0. The summed E-state index contributed by atoms with van der Waals surface area (Å²) in [5, 5.41) is 11.7. The summed E-state index contributed by atoms with van der Waals surface area (Å²) in [5.74, 6) is 0.304. The van der Waals surface area contributed by atoms with Crippen molar-refractivity contribution >= 4 is 40.0 Å². The molecule has 1 atom stereocenters. The standard InChI is InChI=1S/C21H28FN5O3S.HI/c1-24-21(25-14-16-3-2-4-19(13-16)31(23,28)29)26-15-20(27-9-11-30-12-10-27)17-5-7-18(22)8-6-17;/h2-8,13,20H,9-12,14-15H2,1H3,(H2,23,28,29)(H2,24,25,26);1H. The van der Waals surface area contributed by atoms with E-state index in [1.807, 2.05) is 6.07 Å². The van der Waals surface area contributed by atoms with Gasteiger partial charge in [-0.05, 0) is 35.4 Å². The highest BCUT2D eigenvalue weighted by molar-refractivity contribution is 14.0. The van der Waals surface area contributed by atoms with E-state index in [0.717, 1.165) is 24.2 Å². The van der Waals surface area contributed by atoms with Crippen molar-refractivity contribution in [3.8, 4) is 0 Å². The highest BCUT2D eigenvalue weighted by atomic mass is 127. The van der Waals surface area contributed by atoms with Crippen LogP contribution in [-0.4, -0.2) is 59.2 Å². The number of aliphatic imine (C=N–C) groups is 1. The Labute approximate surface area is 205 Å². The number of benzene rings is 2. The summed E-state index contributed by atoms with van der Waals surface area (Å²) in [6.45, 7) is 3.83. The highest BCUT2D eigenvalue weighted by Crippen LogP contribution is 2.21. The maximum absolute atomic E-state index is 13.4. The lowest BCUT2D eigenvalue weighted by Crippen LogP contribution is -2.46. The number of sulfonamides is 1. The summed E-state index contributed by atoms with van der Waals surface area (Å²) >= 11 is 0. The predicted octanol–water partition coefficient (Wildman–Crippen LogP) is 1.83. The van der Waals surface area contributed by atoms with E-state index in [1.165, 1.54) is 24.3 Å². The summed E-state index contributed by atoms with van der Waals surface area (Å²) in [5.41, 5.74) is 1.77. The van der Waals surface area contributed by atoms with E-state index < -0.39 is 10.0 Å². The van der Waals surface area contributed by atoms with Crippen molar-refractivity contribution < 1.29 is 17.5 Å². The van der Waals surface area contributed by atoms with Crippen LogP contribution >= 0.6 is 24.0 Å². The number of nitrogens with two attached hydrogens (primary N) is 1. The average Bonchev–Trinajstić information content (AvgIpc) is 2.77. The summed E-state index contributed by atoms with van der Waals surface area (Å²) in [6, 6.07) is 13.0. The van der Waals surface area contributed by atoms with Crippen LogP contribution in [0, 0.1) is 5.82 Å². The Morgan fingerprint density at radius 2 is 1.88 bits per heavy atom. The van der Waals surface area contributed by atoms with E-state index in [9.17, 15) is 12.8 Å². The molecule has 1 saturated heterocycles. The number of halogens is 2. The maximum atomic E-state index is 13.4. The minimum atomic E-state index is -3.75. The SMILES string of the molecule is CN=C(NCc1cccc(S(N)(=O)=O)c1)NCC(c1ccc(F)cc1)N1CCOCC1.I. The van der Waals surface area contributed by atoms with Gasteiger partial charge in [-0.1, -0.05) is 24.3 Å². The van der Waals surface area contributed by atoms with Gasteiger partial charge in [-0.25, -0.2) is 17.9 Å². The molecule has 32 heavy (non-hydrogen) atoms. The smallest absolute Gasteiger partial charge is 0.238 e. The van der Waals surface area contributed by atoms with Crippen molar-refractivity contribution in [3.05, 3.63) is 65.5 Å². The molecule has 0 saturated carbocycles. The van der Waals surface area contributed by atoms with Crippen molar-refractivity contribution in [2.45, 2.75) is 17.5 Å². The Kier molecular flexibility index (Phi) is 10.3. The molecule has 1 aliphatic heterocycles. The van der Waals surface area contributed by atoms with Crippen LogP contribution < -0.4 is 15.8 Å². The van der Waals surface area contributed by atoms with E-state index in [2.05, 4.69) is 20.5 Å². The second-order valence-electron chi connectivity index (χ2n) is 7.21. The molecule has 1 aliphatic rings. The first kappa shape index (κ1) is 26.5. The summed E-state index contributed by atoms with van der Waals surface area (Å²) in [6.07, 6.45) is 0. The molecule has 0 radical (unpaired) electrons. The van der Waals surface area contributed by atoms with Crippen LogP contribution in [0.2, 0.25) is 0 Å². The fraction of sp³-hybridized carbons (Fsp3) is 0.381. The molecule has 0 aliphatic carbocycles. The van der Waals surface area contributed by atoms with Crippen molar-refractivity contribution in [2.75, 3.05) is 39.9 Å². The molecular formula is C21H29FIN5O3S. The summed E-state index contributed by atoms with van der Waals surface area (Å²) in [4.78, 5) is 6.61. The van der Waals surface area contributed by atoms with Gasteiger partial charge in [-0.15, -0.1) is 24.0 Å². The first-order valence-corrected chi connectivity index (χ1v) is 11.5. The Bertz CT molecular complexity index is 999. The van der Waals surface area contributed by atoms with Gasteiger partial charge in [0.25, 0.3) is 0 Å². The number of morpholine rings is 1. The predicted molar refractivity (Wildman–Crippen MR) is 133 cm³/mol. The van der Waals surface area contributed by atoms with Crippen LogP contribution in [0.1, 0.15) is 17.2 Å². The van der Waals surface area contributed by atoms with Crippen LogP contribution in [-0.2, 0) is 21.3 Å². The molecule has 11 heteroatoms. The number of hydrogen-bond acceptors (Lipinski definition) is 5. The minimum absolute atomic E-state index is 0. The van der Waals surface area contributed by atoms with Gasteiger partial charge in [0, 0.05) is 33.2 Å². The molecule has 3 rings (SSSR count). The molecule has 2 aromatic rings. The fourth-order valence-electron chi connectivity index (χ4n) is 3.46. The second kappa shape index (κ2) is 12.4. The minimum Gasteiger partial charge on any atom is -0.379 e. The van der Waals surface area contributed by atoms with Crippen molar-refractivity contribution in [1.29, 1.82) is 0 Å². The largest absolute Gasteiger partial charge is 0.379 e. The van der Waals surface area contributed by atoms with Crippen molar-refractivity contribution in [3.63, 3.8) is 0 Å². The third-order valence-corrected chi connectivity index (χ3v) is 6.03. The quantitative estimate of drug-likeness (QED) is 0.263. The molecule has 2 aromatic carbocycles. The van der Waals surface area contributed by atoms with Gasteiger partial charge in [-0.2, -0.15) is 0 Å². The molecule has 0 aromatic heterocycles. The monoisotopic (exact) mass is 577 g/mol. The van der Waals surface area contributed by atoms with Gasteiger partial charge >= 0.3 is 0 Å². The molecule has 0 amide bonds. The molecular weight excluding hydrogens is 548 g/mol. The first-order valence-electron chi connectivity index (χ1n) is 10.0. The lowest BCUT2D eigenvalue weighted by molar-refractivity contribution is 0.0170. The average molecular weight is 577 g/mol. The van der Waals surface area contributed by atoms with E-state index in [0.29, 0.717) is 32.3 Å².